The van der Waals surface area contributed by atoms with Crippen LogP contribution in [0.2, 0.25) is 0 Å². The highest BCUT2D eigenvalue weighted by Gasteiger charge is 2.12. The van der Waals surface area contributed by atoms with Gasteiger partial charge in [0.05, 0.1) is 5.52 Å². The smallest absolute Gasteiger partial charge is 0.0546 e. The lowest BCUT2D eigenvalue weighted by Gasteiger charge is -2.08. The van der Waals surface area contributed by atoms with Gasteiger partial charge in [-0.2, -0.15) is 0 Å². The SMILES string of the molecule is Nc1cc(-c2ccccc2N)c2[nH]c3ccccc3c2c1. The molecule has 0 amide bonds. The van der Waals surface area contributed by atoms with Crippen LogP contribution in [0.25, 0.3) is 32.9 Å². The number of fused-ring (bicyclic) bond motifs is 3. The summed E-state index contributed by atoms with van der Waals surface area (Å²) < 4.78 is 0. The van der Waals surface area contributed by atoms with E-state index in [0.29, 0.717) is 0 Å². The van der Waals surface area contributed by atoms with Crippen LogP contribution in [0.1, 0.15) is 0 Å². The van der Waals surface area contributed by atoms with Gasteiger partial charge in [-0.15, -0.1) is 0 Å². The normalized spacial score (nSPS) is 11.2. The van der Waals surface area contributed by atoms with Crippen molar-refractivity contribution in [2.24, 2.45) is 0 Å². The molecule has 0 bridgehead atoms. The van der Waals surface area contributed by atoms with Crippen LogP contribution in [-0.4, -0.2) is 4.98 Å². The van der Waals surface area contributed by atoms with Crippen molar-refractivity contribution in [3.05, 3.63) is 60.7 Å². The molecular weight excluding hydrogens is 258 g/mol. The minimum absolute atomic E-state index is 0.741. The molecule has 0 atom stereocenters. The lowest BCUT2D eigenvalue weighted by Crippen LogP contribution is -1.92. The predicted molar refractivity (Wildman–Crippen MR) is 90.1 cm³/mol. The number of benzene rings is 3. The fourth-order valence-electron chi connectivity index (χ4n) is 2.93. The van der Waals surface area contributed by atoms with E-state index in [0.717, 1.165) is 38.9 Å². The molecule has 0 spiro atoms. The van der Waals surface area contributed by atoms with Gasteiger partial charge >= 0.3 is 0 Å². The highest BCUT2D eigenvalue weighted by atomic mass is 14.7. The van der Waals surface area contributed by atoms with Crippen LogP contribution in [0, 0.1) is 0 Å². The summed E-state index contributed by atoms with van der Waals surface area (Å²) in [5.74, 6) is 0. The summed E-state index contributed by atoms with van der Waals surface area (Å²) >= 11 is 0. The Kier molecular flexibility index (Phi) is 2.42. The third kappa shape index (κ3) is 1.75. The number of anilines is 2. The van der Waals surface area contributed by atoms with Gasteiger partial charge < -0.3 is 16.5 Å². The number of hydrogen-bond donors (Lipinski definition) is 3. The van der Waals surface area contributed by atoms with Crippen molar-refractivity contribution in [1.29, 1.82) is 0 Å². The van der Waals surface area contributed by atoms with E-state index in [9.17, 15) is 0 Å². The van der Waals surface area contributed by atoms with Gasteiger partial charge in [-0.25, -0.2) is 0 Å². The third-order valence-electron chi connectivity index (χ3n) is 3.89. The summed E-state index contributed by atoms with van der Waals surface area (Å²) in [6.45, 7) is 0. The van der Waals surface area contributed by atoms with E-state index >= 15 is 0 Å². The number of nitrogen functional groups attached to an aromatic ring is 2. The van der Waals surface area contributed by atoms with Gasteiger partial charge in [-0.1, -0.05) is 36.4 Å². The first-order chi connectivity index (χ1) is 10.2. The maximum Gasteiger partial charge on any atom is 0.0546 e. The van der Waals surface area contributed by atoms with Crippen molar-refractivity contribution >= 4 is 33.2 Å². The zero-order valence-electron chi connectivity index (χ0n) is 11.4. The summed E-state index contributed by atoms with van der Waals surface area (Å²) in [6, 6.07) is 20.1. The minimum Gasteiger partial charge on any atom is -0.399 e. The Balaban J connectivity index is 2.17. The Labute approximate surface area is 122 Å². The Hall–Kier alpha value is -2.94. The molecule has 5 N–H and O–H groups in total. The fourth-order valence-corrected chi connectivity index (χ4v) is 2.93. The van der Waals surface area contributed by atoms with Crippen LogP contribution in [-0.2, 0) is 0 Å². The molecule has 0 fully saturated rings. The van der Waals surface area contributed by atoms with Gasteiger partial charge in [0.2, 0.25) is 0 Å². The van der Waals surface area contributed by atoms with E-state index in [1.54, 1.807) is 0 Å². The van der Waals surface area contributed by atoms with E-state index in [4.69, 9.17) is 11.5 Å². The molecule has 0 aliphatic carbocycles. The Morgan fingerprint density at radius 2 is 1.48 bits per heavy atom. The van der Waals surface area contributed by atoms with Crippen molar-refractivity contribution in [2.75, 3.05) is 11.5 Å². The van der Waals surface area contributed by atoms with Gasteiger partial charge in [0.1, 0.15) is 0 Å². The van der Waals surface area contributed by atoms with Gasteiger partial charge in [0.15, 0.2) is 0 Å². The number of para-hydroxylation sites is 2. The van der Waals surface area contributed by atoms with Gasteiger partial charge in [-0.05, 0) is 24.3 Å². The number of H-pyrrole nitrogens is 1. The maximum absolute atomic E-state index is 6.13. The summed E-state index contributed by atoms with van der Waals surface area (Å²) in [7, 11) is 0. The van der Waals surface area contributed by atoms with Crippen LogP contribution in [0.5, 0.6) is 0 Å². The number of aromatic nitrogens is 1. The second kappa shape index (κ2) is 4.28. The molecule has 0 unspecified atom stereocenters. The first kappa shape index (κ1) is 11.9. The van der Waals surface area contributed by atoms with Crippen molar-refractivity contribution in [2.45, 2.75) is 0 Å². The zero-order valence-corrected chi connectivity index (χ0v) is 11.4. The number of aromatic amines is 1. The lowest BCUT2D eigenvalue weighted by molar-refractivity contribution is 1.53. The average molecular weight is 273 g/mol. The van der Waals surface area contributed by atoms with Crippen LogP contribution in [0.3, 0.4) is 0 Å². The first-order valence-corrected chi connectivity index (χ1v) is 6.89. The van der Waals surface area contributed by atoms with Crippen molar-refractivity contribution < 1.29 is 0 Å². The first-order valence-electron chi connectivity index (χ1n) is 6.89. The van der Waals surface area contributed by atoms with Gasteiger partial charge in [0.25, 0.3) is 0 Å². The summed E-state index contributed by atoms with van der Waals surface area (Å²) in [4.78, 5) is 3.49. The Morgan fingerprint density at radius 3 is 2.33 bits per heavy atom. The fraction of sp³-hybridized carbons (Fsp3) is 0. The molecule has 3 nitrogen and oxygen atoms in total. The molecule has 3 aromatic carbocycles. The summed E-state index contributed by atoms with van der Waals surface area (Å²) in [5, 5.41) is 2.31. The van der Waals surface area contributed by atoms with Crippen LogP contribution in [0.4, 0.5) is 11.4 Å². The van der Waals surface area contributed by atoms with E-state index in [-0.39, 0.29) is 0 Å². The van der Waals surface area contributed by atoms with Crippen molar-refractivity contribution in [3.63, 3.8) is 0 Å². The zero-order chi connectivity index (χ0) is 14.4. The molecule has 21 heavy (non-hydrogen) atoms. The standard InChI is InChI=1S/C18H15N3/c19-11-9-14(12-5-1-3-7-16(12)20)18-15(10-11)13-6-2-4-8-17(13)21-18/h1-10,21H,19-20H2. The second-order valence-electron chi connectivity index (χ2n) is 5.25. The summed E-state index contributed by atoms with van der Waals surface area (Å²) in [6.07, 6.45) is 0. The summed E-state index contributed by atoms with van der Waals surface area (Å²) in [5.41, 5.74) is 18.0. The van der Waals surface area contributed by atoms with Gasteiger partial charge in [-0.3, -0.25) is 0 Å². The van der Waals surface area contributed by atoms with Crippen LogP contribution < -0.4 is 11.5 Å². The molecule has 0 aliphatic heterocycles. The molecule has 102 valence electrons. The predicted octanol–water partition coefficient (Wildman–Crippen LogP) is 4.15. The van der Waals surface area contributed by atoms with E-state index in [1.807, 2.05) is 48.5 Å². The van der Waals surface area contributed by atoms with Crippen molar-refractivity contribution in [1.82, 2.24) is 4.98 Å². The molecule has 3 heteroatoms. The number of rotatable bonds is 1. The van der Waals surface area contributed by atoms with Crippen LogP contribution >= 0.6 is 0 Å². The topological polar surface area (TPSA) is 67.8 Å². The molecule has 1 aromatic heterocycles. The van der Waals surface area contributed by atoms with Crippen molar-refractivity contribution in [3.8, 4) is 11.1 Å². The number of nitrogens with two attached hydrogens (primary N) is 2. The van der Waals surface area contributed by atoms with Crippen LogP contribution in [0.15, 0.2) is 60.7 Å². The lowest BCUT2D eigenvalue weighted by atomic mass is 10.00. The highest BCUT2D eigenvalue weighted by molar-refractivity contribution is 6.13. The average Bonchev–Trinajstić information content (AvgIpc) is 2.86. The molecular formula is C18H15N3. The largest absolute Gasteiger partial charge is 0.399 e. The minimum atomic E-state index is 0.741. The van der Waals surface area contributed by atoms with E-state index in [2.05, 4.69) is 17.1 Å². The molecule has 0 aliphatic rings. The number of hydrogen-bond acceptors (Lipinski definition) is 2. The molecule has 4 rings (SSSR count). The Bertz CT molecular complexity index is 967. The van der Waals surface area contributed by atoms with E-state index in [1.165, 1.54) is 5.39 Å². The Morgan fingerprint density at radius 1 is 0.714 bits per heavy atom. The highest BCUT2D eigenvalue weighted by Crippen LogP contribution is 2.37. The third-order valence-corrected chi connectivity index (χ3v) is 3.89. The van der Waals surface area contributed by atoms with E-state index < -0.39 is 0 Å². The maximum atomic E-state index is 6.13. The van der Waals surface area contributed by atoms with Gasteiger partial charge in [0, 0.05) is 38.8 Å². The molecule has 4 aromatic rings. The molecule has 1 heterocycles. The molecule has 0 radical (unpaired) electrons. The molecule has 0 saturated heterocycles. The second-order valence-corrected chi connectivity index (χ2v) is 5.25. The molecule has 0 saturated carbocycles. The number of nitrogens with one attached hydrogen (secondary N) is 1. The quantitative estimate of drug-likeness (QED) is 0.456. The monoisotopic (exact) mass is 273 g/mol.